The van der Waals surface area contributed by atoms with Crippen molar-refractivity contribution in [3.63, 3.8) is 0 Å². The van der Waals surface area contributed by atoms with Gasteiger partial charge in [-0.15, -0.1) is 0 Å². The summed E-state index contributed by atoms with van der Waals surface area (Å²) in [6.45, 7) is 0. The van der Waals surface area contributed by atoms with E-state index in [2.05, 4.69) is 37.9 Å². The van der Waals surface area contributed by atoms with E-state index in [0.717, 1.165) is 14.7 Å². The molecule has 0 aliphatic carbocycles. The number of rotatable bonds is 0. The highest BCUT2D eigenvalue weighted by molar-refractivity contribution is 14.1. The Morgan fingerprint density at radius 3 is 3.00 bits per heavy atom. The van der Waals surface area contributed by atoms with Gasteiger partial charge in [-0.3, -0.25) is 4.79 Å². The lowest BCUT2D eigenvalue weighted by Gasteiger charge is -2.10. The number of amides is 1. The van der Waals surface area contributed by atoms with Gasteiger partial charge in [-0.1, -0.05) is 11.6 Å². The number of halogens is 2. The van der Waals surface area contributed by atoms with Crippen molar-refractivity contribution >= 4 is 51.7 Å². The second-order valence-corrected chi connectivity index (χ2v) is 5.71. The molecule has 1 aliphatic rings. The first-order valence-electron chi connectivity index (χ1n) is 5.45. The van der Waals surface area contributed by atoms with Gasteiger partial charge in [-0.25, -0.2) is 9.97 Å². The molecule has 1 aromatic heterocycles. The number of hydrogen-bond acceptors (Lipinski definition) is 4. The van der Waals surface area contributed by atoms with Crippen LogP contribution in [0.15, 0.2) is 18.3 Å². The molecule has 0 spiro atoms. The molecule has 2 heterocycles. The van der Waals surface area contributed by atoms with Crippen molar-refractivity contribution in [3.8, 4) is 11.3 Å². The van der Waals surface area contributed by atoms with Gasteiger partial charge in [0.15, 0.2) is 0 Å². The SMILES string of the molecule is Nc1ncc2c(n1)-c1cc(I)c(Cl)cc1NC(=O)C2. The Labute approximate surface area is 127 Å². The summed E-state index contributed by atoms with van der Waals surface area (Å²) in [5.41, 5.74) is 8.52. The van der Waals surface area contributed by atoms with Crippen LogP contribution in [0.3, 0.4) is 0 Å². The van der Waals surface area contributed by atoms with Crippen molar-refractivity contribution < 1.29 is 4.79 Å². The lowest BCUT2D eigenvalue weighted by atomic mass is 10.1. The molecular weight excluding hydrogens is 379 g/mol. The van der Waals surface area contributed by atoms with E-state index in [1.54, 1.807) is 12.3 Å². The Morgan fingerprint density at radius 1 is 1.42 bits per heavy atom. The molecule has 0 radical (unpaired) electrons. The van der Waals surface area contributed by atoms with Crippen molar-refractivity contribution in [3.05, 3.63) is 32.5 Å². The van der Waals surface area contributed by atoms with E-state index in [0.29, 0.717) is 16.4 Å². The van der Waals surface area contributed by atoms with Crippen LogP contribution in [0.5, 0.6) is 0 Å². The summed E-state index contributed by atoms with van der Waals surface area (Å²) < 4.78 is 0.886. The van der Waals surface area contributed by atoms with Gasteiger partial charge in [0, 0.05) is 20.9 Å². The fraction of sp³-hybridized carbons (Fsp3) is 0.0833. The van der Waals surface area contributed by atoms with Gasteiger partial charge >= 0.3 is 0 Å². The maximum atomic E-state index is 11.8. The number of nitrogens with zero attached hydrogens (tertiary/aromatic N) is 2. The Kier molecular flexibility index (Phi) is 3.06. The minimum Gasteiger partial charge on any atom is -0.368 e. The molecular formula is C12H8ClIN4O. The average molecular weight is 387 g/mol. The van der Waals surface area contributed by atoms with Crippen LogP contribution in [0.2, 0.25) is 5.02 Å². The summed E-state index contributed by atoms with van der Waals surface area (Å²) in [7, 11) is 0. The van der Waals surface area contributed by atoms with Gasteiger partial charge in [0.1, 0.15) is 0 Å². The molecule has 7 heteroatoms. The Morgan fingerprint density at radius 2 is 2.21 bits per heavy atom. The maximum Gasteiger partial charge on any atom is 0.228 e. The zero-order chi connectivity index (χ0) is 13.6. The maximum absolute atomic E-state index is 11.8. The van der Waals surface area contributed by atoms with Gasteiger partial charge in [0.05, 0.1) is 22.8 Å². The van der Waals surface area contributed by atoms with Crippen LogP contribution in [0, 0.1) is 3.57 Å². The van der Waals surface area contributed by atoms with Crippen molar-refractivity contribution in [2.75, 3.05) is 11.1 Å². The summed E-state index contributed by atoms with van der Waals surface area (Å²) in [6, 6.07) is 3.61. The number of carbonyl (C=O) groups excluding carboxylic acids is 1. The molecule has 0 unspecified atom stereocenters. The van der Waals surface area contributed by atoms with Crippen LogP contribution in [0.4, 0.5) is 11.6 Å². The molecule has 96 valence electrons. The molecule has 0 bridgehead atoms. The first kappa shape index (κ1) is 12.6. The number of nitrogens with two attached hydrogens (primary N) is 1. The van der Waals surface area contributed by atoms with Crippen LogP contribution in [-0.2, 0) is 11.2 Å². The number of anilines is 2. The van der Waals surface area contributed by atoms with Crippen molar-refractivity contribution in [1.29, 1.82) is 0 Å². The second-order valence-electron chi connectivity index (χ2n) is 4.14. The minimum absolute atomic E-state index is 0.120. The topological polar surface area (TPSA) is 80.9 Å². The van der Waals surface area contributed by atoms with Gasteiger partial charge in [0.2, 0.25) is 11.9 Å². The summed E-state index contributed by atoms with van der Waals surface area (Å²) >= 11 is 8.23. The van der Waals surface area contributed by atoms with Gasteiger partial charge in [-0.05, 0) is 34.7 Å². The molecule has 19 heavy (non-hydrogen) atoms. The Balaban J connectivity index is 2.33. The number of nitrogen functional groups attached to an aromatic ring is 1. The largest absolute Gasteiger partial charge is 0.368 e. The lowest BCUT2D eigenvalue weighted by Crippen LogP contribution is -2.12. The van der Waals surface area contributed by atoms with Crippen molar-refractivity contribution in [2.24, 2.45) is 0 Å². The quantitative estimate of drug-likeness (QED) is 0.682. The summed E-state index contributed by atoms with van der Waals surface area (Å²) in [4.78, 5) is 20.0. The molecule has 3 N–H and O–H groups in total. The summed E-state index contributed by atoms with van der Waals surface area (Å²) in [5.74, 6) is 0.0645. The normalized spacial score (nSPS) is 13.3. The van der Waals surface area contributed by atoms with E-state index in [1.807, 2.05) is 6.07 Å². The molecule has 0 saturated carbocycles. The number of hydrogen-bond donors (Lipinski definition) is 2. The highest BCUT2D eigenvalue weighted by atomic mass is 127. The Hall–Kier alpha value is -1.41. The standard InChI is InChI=1S/C12H8ClIN4O/c13-7-3-9-6(2-8(7)14)11-5(1-10(19)17-9)4-16-12(15)18-11/h2-4H,1H2,(H,17,19)(H2,15,16,18). The van der Waals surface area contributed by atoms with E-state index in [-0.39, 0.29) is 18.3 Å². The second kappa shape index (κ2) is 4.61. The number of benzene rings is 1. The number of fused-ring (bicyclic) bond motifs is 3. The first-order valence-corrected chi connectivity index (χ1v) is 6.91. The fourth-order valence-corrected chi connectivity index (χ4v) is 2.63. The van der Waals surface area contributed by atoms with Gasteiger partial charge in [-0.2, -0.15) is 0 Å². The van der Waals surface area contributed by atoms with E-state index < -0.39 is 0 Å². The van der Waals surface area contributed by atoms with Crippen LogP contribution >= 0.6 is 34.2 Å². The molecule has 1 aromatic carbocycles. The highest BCUT2D eigenvalue weighted by Crippen LogP contribution is 2.36. The average Bonchev–Trinajstić information content (AvgIpc) is 2.47. The summed E-state index contributed by atoms with van der Waals surface area (Å²) in [6.07, 6.45) is 1.81. The minimum atomic E-state index is -0.120. The van der Waals surface area contributed by atoms with Crippen LogP contribution in [0.1, 0.15) is 5.56 Å². The van der Waals surface area contributed by atoms with Gasteiger partial charge in [0.25, 0.3) is 0 Å². The zero-order valence-electron chi connectivity index (χ0n) is 9.58. The van der Waals surface area contributed by atoms with Crippen molar-refractivity contribution in [1.82, 2.24) is 9.97 Å². The van der Waals surface area contributed by atoms with E-state index in [9.17, 15) is 4.79 Å². The summed E-state index contributed by atoms with van der Waals surface area (Å²) in [5, 5.41) is 3.41. The molecule has 1 amide bonds. The number of nitrogens with one attached hydrogen (secondary N) is 1. The monoisotopic (exact) mass is 386 g/mol. The van der Waals surface area contributed by atoms with Crippen LogP contribution in [0.25, 0.3) is 11.3 Å². The number of aromatic nitrogens is 2. The smallest absolute Gasteiger partial charge is 0.228 e. The molecule has 1 aliphatic heterocycles. The fourth-order valence-electron chi connectivity index (χ4n) is 2.00. The molecule has 3 rings (SSSR count). The number of carbonyl (C=O) groups is 1. The third kappa shape index (κ3) is 2.25. The zero-order valence-corrected chi connectivity index (χ0v) is 12.5. The lowest BCUT2D eigenvalue weighted by molar-refractivity contribution is -0.115. The van der Waals surface area contributed by atoms with E-state index in [1.165, 1.54) is 0 Å². The molecule has 0 fully saturated rings. The third-order valence-electron chi connectivity index (χ3n) is 2.82. The molecule has 2 aromatic rings. The van der Waals surface area contributed by atoms with E-state index in [4.69, 9.17) is 17.3 Å². The predicted octanol–water partition coefficient (Wildman–Crippen LogP) is 2.48. The molecule has 0 atom stereocenters. The highest BCUT2D eigenvalue weighted by Gasteiger charge is 2.21. The van der Waals surface area contributed by atoms with Crippen LogP contribution < -0.4 is 11.1 Å². The Bertz CT molecular complexity index is 704. The van der Waals surface area contributed by atoms with Crippen molar-refractivity contribution in [2.45, 2.75) is 6.42 Å². The van der Waals surface area contributed by atoms with Gasteiger partial charge < -0.3 is 11.1 Å². The molecule has 5 nitrogen and oxygen atoms in total. The predicted molar refractivity (Wildman–Crippen MR) is 81.9 cm³/mol. The molecule has 0 saturated heterocycles. The first-order chi connectivity index (χ1) is 9.04. The third-order valence-corrected chi connectivity index (χ3v) is 4.35. The van der Waals surface area contributed by atoms with Crippen LogP contribution in [-0.4, -0.2) is 15.9 Å². The van der Waals surface area contributed by atoms with E-state index >= 15 is 0 Å².